The quantitative estimate of drug-likeness (QED) is 0.777. The number of nitrogens with zero attached hydrogens (tertiary/aromatic N) is 1. The minimum absolute atomic E-state index is 0.0192. The van der Waals surface area contributed by atoms with Gasteiger partial charge in [-0.2, -0.15) is 0 Å². The zero-order valence-electron chi connectivity index (χ0n) is 13.6. The van der Waals surface area contributed by atoms with Gasteiger partial charge in [0, 0.05) is 15.6 Å². The molecule has 1 saturated heterocycles. The van der Waals surface area contributed by atoms with E-state index in [9.17, 15) is 14.4 Å². The molecule has 1 aliphatic heterocycles. The van der Waals surface area contributed by atoms with Crippen molar-refractivity contribution in [3.63, 3.8) is 0 Å². The van der Waals surface area contributed by atoms with Crippen LogP contribution in [0.2, 0.25) is 10.0 Å². The summed E-state index contributed by atoms with van der Waals surface area (Å²) in [5, 5.41) is 12.3. The number of nitrogens with one attached hydrogen (secondary N) is 1. The Morgan fingerprint density at radius 2 is 1.81 bits per heavy atom. The monoisotopic (exact) mass is 392 g/mol. The lowest BCUT2D eigenvalue weighted by Crippen LogP contribution is -2.41. The fraction of sp³-hybridized carbons (Fsp3) is 0.167. The summed E-state index contributed by atoms with van der Waals surface area (Å²) in [6.07, 6.45) is 0. The van der Waals surface area contributed by atoms with E-state index in [-0.39, 0.29) is 17.1 Å². The molecule has 0 aromatic heterocycles. The second-order valence-electron chi connectivity index (χ2n) is 6.07. The van der Waals surface area contributed by atoms with Crippen molar-refractivity contribution in [1.82, 2.24) is 10.2 Å². The summed E-state index contributed by atoms with van der Waals surface area (Å²) in [6.45, 7) is 1.60. The lowest BCUT2D eigenvalue weighted by molar-refractivity contribution is -0.131. The van der Waals surface area contributed by atoms with Crippen LogP contribution in [0, 0.1) is 0 Å². The number of carboxylic acids is 1. The van der Waals surface area contributed by atoms with Gasteiger partial charge in [0.1, 0.15) is 5.54 Å². The Morgan fingerprint density at radius 3 is 2.38 bits per heavy atom. The van der Waals surface area contributed by atoms with Gasteiger partial charge in [-0.15, -0.1) is 0 Å². The van der Waals surface area contributed by atoms with Crippen LogP contribution < -0.4 is 5.32 Å². The molecule has 1 atom stereocenters. The highest BCUT2D eigenvalue weighted by atomic mass is 35.5. The number of carbonyl (C=O) groups excluding carboxylic acids is 2. The molecule has 3 amide bonds. The van der Waals surface area contributed by atoms with Gasteiger partial charge < -0.3 is 10.4 Å². The highest BCUT2D eigenvalue weighted by molar-refractivity contribution is 6.35. The first-order valence-electron chi connectivity index (χ1n) is 7.64. The van der Waals surface area contributed by atoms with Gasteiger partial charge in [0.25, 0.3) is 5.91 Å². The normalized spacial score (nSPS) is 19.6. The van der Waals surface area contributed by atoms with Crippen LogP contribution in [0.1, 0.15) is 28.4 Å². The number of halogens is 2. The first kappa shape index (κ1) is 18.2. The second kappa shape index (κ2) is 6.63. The van der Waals surface area contributed by atoms with Gasteiger partial charge in [-0.3, -0.25) is 9.69 Å². The molecule has 134 valence electrons. The van der Waals surface area contributed by atoms with E-state index < -0.39 is 23.4 Å². The minimum Gasteiger partial charge on any atom is -0.478 e. The molecular formula is C18H14Cl2N2O4. The summed E-state index contributed by atoms with van der Waals surface area (Å²) in [6, 6.07) is 10.1. The molecule has 6 nitrogen and oxygen atoms in total. The molecule has 8 heteroatoms. The number of aromatic carboxylic acids is 1. The smallest absolute Gasteiger partial charge is 0.335 e. The second-order valence-corrected chi connectivity index (χ2v) is 6.92. The standard InChI is InChI=1S/C18H14Cl2N2O4/c1-18(13-7-6-12(19)8-14(13)20)16(25)22(17(26)21-18)9-10-2-4-11(5-3-10)15(23)24/h2-8H,9H2,1H3,(H,21,26)(H,23,24). The number of urea groups is 1. The van der Waals surface area contributed by atoms with Crippen molar-refractivity contribution >= 4 is 41.1 Å². The average molecular weight is 393 g/mol. The van der Waals surface area contributed by atoms with Gasteiger partial charge in [0.05, 0.1) is 12.1 Å². The Labute approximate surface area is 159 Å². The Morgan fingerprint density at radius 1 is 1.15 bits per heavy atom. The average Bonchev–Trinajstić information content (AvgIpc) is 2.79. The van der Waals surface area contributed by atoms with E-state index in [4.69, 9.17) is 28.3 Å². The van der Waals surface area contributed by atoms with E-state index in [1.807, 2.05) is 0 Å². The van der Waals surface area contributed by atoms with Gasteiger partial charge in [-0.1, -0.05) is 41.4 Å². The van der Waals surface area contributed by atoms with Crippen LogP contribution in [0.25, 0.3) is 0 Å². The van der Waals surface area contributed by atoms with Crippen molar-refractivity contribution in [1.29, 1.82) is 0 Å². The largest absolute Gasteiger partial charge is 0.478 e. The number of carboxylic acid groups (broad SMARTS) is 1. The lowest BCUT2D eigenvalue weighted by atomic mass is 9.92. The fourth-order valence-corrected chi connectivity index (χ4v) is 3.45. The van der Waals surface area contributed by atoms with Crippen LogP contribution in [0.4, 0.5) is 4.79 Å². The number of imide groups is 1. The van der Waals surface area contributed by atoms with Crippen molar-refractivity contribution in [3.05, 3.63) is 69.2 Å². The third-order valence-electron chi connectivity index (χ3n) is 4.29. The SMILES string of the molecule is CC1(c2ccc(Cl)cc2Cl)NC(=O)N(Cc2ccc(C(=O)O)cc2)C1=O. The molecule has 0 bridgehead atoms. The van der Waals surface area contributed by atoms with Crippen molar-refractivity contribution < 1.29 is 19.5 Å². The lowest BCUT2D eigenvalue weighted by Gasteiger charge is -2.23. The van der Waals surface area contributed by atoms with E-state index in [2.05, 4.69) is 5.32 Å². The van der Waals surface area contributed by atoms with Gasteiger partial charge in [0.2, 0.25) is 0 Å². The van der Waals surface area contributed by atoms with Gasteiger partial charge in [-0.25, -0.2) is 9.59 Å². The third-order valence-corrected chi connectivity index (χ3v) is 4.83. The van der Waals surface area contributed by atoms with Crippen LogP contribution in [-0.4, -0.2) is 27.9 Å². The van der Waals surface area contributed by atoms with Crippen molar-refractivity contribution in [2.45, 2.75) is 19.0 Å². The molecule has 0 spiro atoms. The first-order chi connectivity index (χ1) is 12.2. The molecule has 2 aromatic carbocycles. The van der Waals surface area contributed by atoms with E-state index in [0.717, 1.165) is 4.90 Å². The number of benzene rings is 2. The molecule has 3 rings (SSSR count). The maximum atomic E-state index is 12.9. The number of rotatable bonds is 4. The highest BCUT2D eigenvalue weighted by Crippen LogP contribution is 2.35. The third kappa shape index (κ3) is 3.13. The summed E-state index contributed by atoms with van der Waals surface area (Å²) in [7, 11) is 0. The molecular weight excluding hydrogens is 379 g/mol. The molecule has 26 heavy (non-hydrogen) atoms. The minimum atomic E-state index is -1.31. The Bertz CT molecular complexity index is 914. The summed E-state index contributed by atoms with van der Waals surface area (Å²) in [4.78, 5) is 37.3. The first-order valence-corrected chi connectivity index (χ1v) is 8.40. The predicted molar refractivity (Wildman–Crippen MR) is 96.3 cm³/mol. The van der Waals surface area contributed by atoms with Gasteiger partial charge in [0.15, 0.2) is 0 Å². The van der Waals surface area contributed by atoms with Crippen molar-refractivity contribution in [2.75, 3.05) is 0 Å². The van der Waals surface area contributed by atoms with E-state index >= 15 is 0 Å². The Hall–Kier alpha value is -2.57. The number of hydrogen-bond acceptors (Lipinski definition) is 3. The van der Waals surface area contributed by atoms with Gasteiger partial charge in [-0.05, 0) is 36.8 Å². The Kier molecular flexibility index (Phi) is 4.64. The van der Waals surface area contributed by atoms with Crippen LogP contribution in [0.3, 0.4) is 0 Å². The van der Waals surface area contributed by atoms with Crippen LogP contribution in [-0.2, 0) is 16.9 Å². The number of amides is 3. The van der Waals surface area contributed by atoms with E-state index in [1.165, 1.54) is 18.2 Å². The van der Waals surface area contributed by atoms with Gasteiger partial charge >= 0.3 is 12.0 Å². The van der Waals surface area contributed by atoms with Crippen LogP contribution >= 0.6 is 23.2 Å². The molecule has 2 aromatic rings. The number of carbonyl (C=O) groups is 3. The maximum Gasteiger partial charge on any atom is 0.335 e. The van der Waals surface area contributed by atoms with Crippen molar-refractivity contribution in [2.24, 2.45) is 0 Å². The predicted octanol–water partition coefficient (Wildman–Crippen LogP) is 3.66. The summed E-state index contributed by atoms with van der Waals surface area (Å²) in [5.74, 6) is -1.49. The molecule has 2 N–H and O–H groups in total. The van der Waals surface area contributed by atoms with E-state index in [0.29, 0.717) is 16.1 Å². The molecule has 0 saturated carbocycles. The zero-order chi connectivity index (χ0) is 19.1. The summed E-state index contributed by atoms with van der Waals surface area (Å²) < 4.78 is 0. The van der Waals surface area contributed by atoms with Crippen LogP contribution in [0.5, 0.6) is 0 Å². The number of hydrogen-bond donors (Lipinski definition) is 2. The molecule has 0 radical (unpaired) electrons. The highest BCUT2D eigenvalue weighted by Gasteiger charge is 2.49. The molecule has 1 fully saturated rings. The molecule has 0 aliphatic carbocycles. The topological polar surface area (TPSA) is 86.7 Å². The Balaban J connectivity index is 1.87. The zero-order valence-corrected chi connectivity index (χ0v) is 15.1. The summed E-state index contributed by atoms with van der Waals surface area (Å²) >= 11 is 12.1. The van der Waals surface area contributed by atoms with Crippen molar-refractivity contribution in [3.8, 4) is 0 Å². The molecule has 1 aliphatic rings. The van der Waals surface area contributed by atoms with E-state index in [1.54, 1.807) is 31.2 Å². The van der Waals surface area contributed by atoms with Crippen LogP contribution in [0.15, 0.2) is 42.5 Å². The fourth-order valence-electron chi connectivity index (χ4n) is 2.85. The molecule has 1 heterocycles. The summed E-state index contributed by atoms with van der Waals surface area (Å²) in [5.41, 5.74) is -0.0981. The molecule has 1 unspecified atom stereocenters. The maximum absolute atomic E-state index is 12.9.